The lowest BCUT2D eigenvalue weighted by atomic mass is 10.00. The van der Waals surface area contributed by atoms with Crippen molar-refractivity contribution in [3.63, 3.8) is 0 Å². The van der Waals surface area contributed by atoms with Crippen molar-refractivity contribution in [1.82, 2.24) is 15.1 Å². The van der Waals surface area contributed by atoms with Crippen molar-refractivity contribution in [3.8, 4) is 0 Å². The molecule has 2 saturated carbocycles. The molecule has 1 N–H and O–H groups in total. The second-order valence-electron chi connectivity index (χ2n) is 6.94. The second-order valence-corrected chi connectivity index (χ2v) is 6.94. The standard InChI is InChI=1S/C16H27N3/c1-13(2)17-12-16(8-9-16)11-14-7-10-19(18-14)15-5-3-4-6-15/h7,10,13,15,17H,3-6,8-9,11-12H2,1-2H3. The molecule has 3 heteroatoms. The van der Waals surface area contributed by atoms with E-state index in [1.54, 1.807) is 0 Å². The van der Waals surface area contributed by atoms with Crippen LogP contribution in [0.5, 0.6) is 0 Å². The summed E-state index contributed by atoms with van der Waals surface area (Å²) in [6.07, 6.45) is 11.5. The van der Waals surface area contributed by atoms with Crippen LogP contribution in [-0.4, -0.2) is 22.4 Å². The quantitative estimate of drug-likeness (QED) is 0.851. The molecule has 1 heterocycles. The highest BCUT2D eigenvalue weighted by Crippen LogP contribution is 2.47. The van der Waals surface area contributed by atoms with Crippen molar-refractivity contribution in [3.05, 3.63) is 18.0 Å². The van der Waals surface area contributed by atoms with E-state index in [0.29, 0.717) is 17.5 Å². The summed E-state index contributed by atoms with van der Waals surface area (Å²) in [6, 6.07) is 3.51. The lowest BCUT2D eigenvalue weighted by Crippen LogP contribution is -2.31. The number of hydrogen-bond donors (Lipinski definition) is 1. The first kappa shape index (κ1) is 13.2. The third-order valence-corrected chi connectivity index (χ3v) is 4.76. The van der Waals surface area contributed by atoms with E-state index in [1.807, 2.05) is 0 Å². The molecule has 0 spiro atoms. The van der Waals surface area contributed by atoms with Crippen LogP contribution in [0.1, 0.15) is 64.1 Å². The molecule has 1 aromatic rings. The van der Waals surface area contributed by atoms with Gasteiger partial charge >= 0.3 is 0 Å². The van der Waals surface area contributed by atoms with Crippen LogP contribution < -0.4 is 5.32 Å². The monoisotopic (exact) mass is 261 g/mol. The largest absolute Gasteiger partial charge is 0.314 e. The maximum atomic E-state index is 4.83. The van der Waals surface area contributed by atoms with Crippen molar-refractivity contribution in [2.75, 3.05) is 6.54 Å². The first-order valence-electron chi connectivity index (χ1n) is 7.94. The highest BCUT2D eigenvalue weighted by atomic mass is 15.3. The topological polar surface area (TPSA) is 29.9 Å². The molecule has 106 valence electrons. The molecule has 2 aliphatic rings. The highest BCUT2D eigenvalue weighted by Gasteiger charge is 2.42. The summed E-state index contributed by atoms with van der Waals surface area (Å²) in [4.78, 5) is 0. The van der Waals surface area contributed by atoms with Gasteiger partial charge in [0.15, 0.2) is 0 Å². The molecule has 19 heavy (non-hydrogen) atoms. The molecule has 0 amide bonds. The lowest BCUT2D eigenvalue weighted by molar-refractivity contribution is 0.416. The molecule has 1 aromatic heterocycles. The maximum absolute atomic E-state index is 4.83. The van der Waals surface area contributed by atoms with Gasteiger partial charge in [0.05, 0.1) is 11.7 Å². The van der Waals surface area contributed by atoms with Crippen LogP contribution in [0.15, 0.2) is 12.3 Å². The van der Waals surface area contributed by atoms with Crippen LogP contribution in [0.4, 0.5) is 0 Å². The van der Waals surface area contributed by atoms with Crippen molar-refractivity contribution in [2.24, 2.45) is 5.41 Å². The van der Waals surface area contributed by atoms with E-state index in [4.69, 9.17) is 5.10 Å². The van der Waals surface area contributed by atoms with Crippen LogP contribution in [0.25, 0.3) is 0 Å². The van der Waals surface area contributed by atoms with E-state index in [-0.39, 0.29) is 0 Å². The molecule has 0 aliphatic heterocycles. The summed E-state index contributed by atoms with van der Waals surface area (Å²) < 4.78 is 2.23. The minimum atomic E-state index is 0.513. The zero-order valence-corrected chi connectivity index (χ0v) is 12.4. The van der Waals surface area contributed by atoms with Gasteiger partial charge in [-0.2, -0.15) is 5.10 Å². The van der Waals surface area contributed by atoms with Gasteiger partial charge in [-0.1, -0.05) is 26.7 Å². The highest BCUT2D eigenvalue weighted by molar-refractivity contribution is 5.09. The minimum Gasteiger partial charge on any atom is -0.314 e. The van der Waals surface area contributed by atoms with Crippen LogP contribution >= 0.6 is 0 Å². The van der Waals surface area contributed by atoms with E-state index in [9.17, 15) is 0 Å². The molecular formula is C16H27N3. The van der Waals surface area contributed by atoms with Gasteiger partial charge < -0.3 is 5.32 Å². The Balaban J connectivity index is 1.57. The number of hydrogen-bond acceptors (Lipinski definition) is 2. The Bertz CT molecular complexity index is 411. The van der Waals surface area contributed by atoms with Gasteiger partial charge in [-0.3, -0.25) is 4.68 Å². The third kappa shape index (κ3) is 3.19. The molecule has 2 aliphatic carbocycles. The van der Waals surface area contributed by atoms with Crippen LogP contribution in [-0.2, 0) is 6.42 Å². The van der Waals surface area contributed by atoms with Gasteiger partial charge in [0.25, 0.3) is 0 Å². The summed E-state index contributed by atoms with van der Waals surface area (Å²) in [6.45, 7) is 5.61. The van der Waals surface area contributed by atoms with Crippen LogP contribution in [0, 0.1) is 5.41 Å². The first-order valence-corrected chi connectivity index (χ1v) is 7.94. The summed E-state index contributed by atoms with van der Waals surface area (Å²) in [5.74, 6) is 0. The van der Waals surface area contributed by atoms with Gasteiger partial charge in [0, 0.05) is 18.8 Å². The predicted octanol–water partition coefficient (Wildman–Crippen LogP) is 3.32. The molecule has 0 bridgehead atoms. The van der Waals surface area contributed by atoms with Gasteiger partial charge in [-0.15, -0.1) is 0 Å². The van der Waals surface area contributed by atoms with E-state index in [0.717, 1.165) is 13.0 Å². The van der Waals surface area contributed by atoms with Crippen molar-refractivity contribution in [2.45, 2.75) is 70.9 Å². The van der Waals surface area contributed by atoms with Gasteiger partial charge in [-0.25, -0.2) is 0 Å². The summed E-state index contributed by atoms with van der Waals surface area (Å²) >= 11 is 0. The fourth-order valence-electron chi connectivity index (χ4n) is 3.24. The Labute approximate surface area is 116 Å². The average Bonchev–Trinajstić information content (AvgIpc) is 2.83. The normalized spacial score (nSPS) is 22.3. The van der Waals surface area contributed by atoms with Crippen molar-refractivity contribution >= 4 is 0 Å². The number of rotatable bonds is 6. The van der Waals surface area contributed by atoms with E-state index in [1.165, 1.54) is 44.2 Å². The smallest absolute Gasteiger partial charge is 0.0630 e. The van der Waals surface area contributed by atoms with Gasteiger partial charge in [-0.05, 0) is 43.6 Å². The third-order valence-electron chi connectivity index (χ3n) is 4.76. The Morgan fingerprint density at radius 2 is 2.11 bits per heavy atom. The van der Waals surface area contributed by atoms with Gasteiger partial charge in [0.1, 0.15) is 0 Å². The molecule has 3 rings (SSSR count). The minimum absolute atomic E-state index is 0.513. The SMILES string of the molecule is CC(C)NCC1(Cc2ccn(C3CCCC3)n2)CC1. The van der Waals surface area contributed by atoms with E-state index >= 15 is 0 Å². The molecule has 0 atom stereocenters. The summed E-state index contributed by atoms with van der Waals surface area (Å²) in [5, 5.41) is 8.43. The van der Waals surface area contributed by atoms with Crippen LogP contribution in [0.3, 0.4) is 0 Å². The molecule has 3 nitrogen and oxygen atoms in total. The average molecular weight is 261 g/mol. The molecule has 2 fully saturated rings. The van der Waals surface area contributed by atoms with Crippen molar-refractivity contribution < 1.29 is 0 Å². The summed E-state index contributed by atoms with van der Waals surface area (Å²) in [7, 11) is 0. The first-order chi connectivity index (χ1) is 9.17. The Morgan fingerprint density at radius 3 is 2.74 bits per heavy atom. The zero-order chi connectivity index (χ0) is 13.3. The predicted molar refractivity (Wildman–Crippen MR) is 78.2 cm³/mol. The van der Waals surface area contributed by atoms with E-state index in [2.05, 4.69) is 36.1 Å². The molecule has 0 radical (unpaired) electrons. The van der Waals surface area contributed by atoms with E-state index < -0.39 is 0 Å². The zero-order valence-electron chi connectivity index (χ0n) is 12.4. The number of nitrogens with one attached hydrogen (secondary N) is 1. The fraction of sp³-hybridized carbons (Fsp3) is 0.812. The molecule has 0 saturated heterocycles. The molecule has 0 unspecified atom stereocenters. The Hall–Kier alpha value is -0.830. The molecular weight excluding hydrogens is 234 g/mol. The maximum Gasteiger partial charge on any atom is 0.0630 e. The Kier molecular flexibility index (Phi) is 3.66. The number of aromatic nitrogens is 2. The number of nitrogens with zero attached hydrogens (tertiary/aromatic N) is 2. The molecule has 0 aromatic carbocycles. The second kappa shape index (κ2) is 5.28. The lowest BCUT2D eigenvalue weighted by Gasteiger charge is -2.17. The summed E-state index contributed by atoms with van der Waals surface area (Å²) in [5.41, 5.74) is 1.81. The van der Waals surface area contributed by atoms with Gasteiger partial charge in [0.2, 0.25) is 0 Å². The van der Waals surface area contributed by atoms with Crippen molar-refractivity contribution in [1.29, 1.82) is 0 Å². The fourth-order valence-corrected chi connectivity index (χ4v) is 3.24. The Morgan fingerprint density at radius 1 is 1.37 bits per heavy atom. The van der Waals surface area contributed by atoms with Crippen LogP contribution in [0.2, 0.25) is 0 Å².